The summed E-state index contributed by atoms with van der Waals surface area (Å²) in [6, 6.07) is 3.64. The molecule has 0 N–H and O–H groups in total. The lowest BCUT2D eigenvalue weighted by molar-refractivity contribution is 0.572. The number of aromatic nitrogens is 2. The Kier molecular flexibility index (Phi) is 3.33. The molecule has 0 bridgehead atoms. The molecule has 0 aliphatic carbocycles. The fraction of sp³-hybridized carbons (Fsp3) is 0.250. The summed E-state index contributed by atoms with van der Waals surface area (Å²) in [5, 5.41) is 16.9. The van der Waals surface area contributed by atoms with E-state index in [0.717, 1.165) is 0 Å². The third-order valence-corrected chi connectivity index (χ3v) is 1.46. The number of rotatable bonds is 3. The summed E-state index contributed by atoms with van der Waals surface area (Å²) in [5.41, 5.74) is 0. The molecule has 0 amide bonds. The monoisotopic (exact) mass is 191 g/mol. The summed E-state index contributed by atoms with van der Waals surface area (Å²) in [6.45, 7) is -0.188. The van der Waals surface area contributed by atoms with Crippen LogP contribution in [0.15, 0.2) is 12.4 Å². The summed E-state index contributed by atoms with van der Waals surface area (Å²) < 4.78 is 13.1. The second kappa shape index (κ2) is 4.73. The Morgan fingerprint density at radius 3 is 2.29 bits per heavy atom. The van der Waals surface area contributed by atoms with Crippen molar-refractivity contribution in [1.29, 1.82) is 10.5 Å². The highest BCUT2D eigenvalue weighted by Crippen LogP contribution is 2.11. The van der Waals surface area contributed by atoms with Gasteiger partial charge in [0.05, 0.1) is 12.1 Å². The van der Waals surface area contributed by atoms with Gasteiger partial charge in [0.1, 0.15) is 13.1 Å². The average molecular weight is 191 g/mol. The van der Waals surface area contributed by atoms with Crippen LogP contribution in [0.1, 0.15) is 0 Å². The number of halogens is 1. The number of nitrogens with zero attached hydrogens (tertiary/aromatic N) is 5. The maximum absolute atomic E-state index is 13.1. The molecule has 0 atom stereocenters. The number of hydrogen-bond donors (Lipinski definition) is 0. The van der Waals surface area contributed by atoms with Crippen molar-refractivity contribution in [1.82, 2.24) is 9.97 Å². The van der Waals surface area contributed by atoms with Crippen LogP contribution in [0.25, 0.3) is 0 Å². The van der Waals surface area contributed by atoms with E-state index in [4.69, 9.17) is 10.5 Å². The predicted octanol–water partition coefficient (Wildman–Crippen LogP) is 0.469. The Balaban J connectivity index is 2.95. The van der Waals surface area contributed by atoms with E-state index in [1.54, 1.807) is 0 Å². The van der Waals surface area contributed by atoms with Crippen LogP contribution in [-0.2, 0) is 0 Å². The molecule has 0 aromatic carbocycles. The Labute approximate surface area is 80.0 Å². The van der Waals surface area contributed by atoms with Gasteiger partial charge in [-0.1, -0.05) is 0 Å². The molecule has 70 valence electrons. The van der Waals surface area contributed by atoms with E-state index in [2.05, 4.69) is 9.97 Å². The van der Waals surface area contributed by atoms with Crippen LogP contribution in [0.2, 0.25) is 0 Å². The van der Waals surface area contributed by atoms with Gasteiger partial charge in [0.15, 0.2) is 5.82 Å². The zero-order valence-corrected chi connectivity index (χ0v) is 7.18. The first kappa shape index (κ1) is 9.87. The summed E-state index contributed by atoms with van der Waals surface area (Å²) in [6.07, 6.45) is 2.51. The lowest BCUT2D eigenvalue weighted by Gasteiger charge is -2.15. The highest BCUT2D eigenvalue weighted by molar-refractivity contribution is 5.39. The molecule has 0 saturated heterocycles. The fourth-order valence-electron chi connectivity index (χ4n) is 0.902. The van der Waals surface area contributed by atoms with Crippen molar-refractivity contribution < 1.29 is 4.39 Å². The molecule has 0 spiro atoms. The smallest absolute Gasteiger partial charge is 0.255 e. The van der Waals surface area contributed by atoms with E-state index in [-0.39, 0.29) is 18.9 Å². The van der Waals surface area contributed by atoms with Crippen LogP contribution in [0.3, 0.4) is 0 Å². The van der Waals surface area contributed by atoms with E-state index in [1.165, 1.54) is 17.3 Å². The van der Waals surface area contributed by atoms with E-state index < -0.39 is 5.95 Å². The summed E-state index contributed by atoms with van der Waals surface area (Å²) in [7, 11) is 0. The molecule has 14 heavy (non-hydrogen) atoms. The van der Waals surface area contributed by atoms with Crippen molar-refractivity contribution >= 4 is 5.82 Å². The van der Waals surface area contributed by atoms with Gasteiger partial charge in [-0.2, -0.15) is 14.9 Å². The maximum Gasteiger partial charge on any atom is 0.255 e. The minimum atomic E-state index is -0.780. The van der Waals surface area contributed by atoms with E-state index >= 15 is 0 Å². The molecule has 0 aliphatic heterocycles. The lowest BCUT2D eigenvalue weighted by Crippen LogP contribution is -2.26. The van der Waals surface area contributed by atoms with Crippen molar-refractivity contribution in [3.05, 3.63) is 18.3 Å². The van der Waals surface area contributed by atoms with Gasteiger partial charge in [-0.05, 0) is 0 Å². The van der Waals surface area contributed by atoms with Gasteiger partial charge in [0, 0.05) is 12.4 Å². The van der Waals surface area contributed by atoms with Gasteiger partial charge in [-0.3, -0.25) is 0 Å². The second-order valence-corrected chi connectivity index (χ2v) is 2.34. The molecular weight excluding hydrogens is 185 g/mol. The Hall–Kier alpha value is -2.21. The first-order valence-electron chi connectivity index (χ1n) is 3.75. The minimum Gasteiger partial charge on any atom is -0.326 e. The summed E-state index contributed by atoms with van der Waals surface area (Å²) >= 11 is 0. The molecule has 1 rings (SSSR count). The fourth-order valence-corrected chi connectivity index (χ4v) is 0.902. The molecule has 1 heterocycles. The van der Waals surface area contributed by atoms with Crippen LogP contribution < -0.4 is 4.90 Å². The molecule has 1 aromatic rings. The zero-order chi connectivity index (χ0) is 10.4. The summed E-state index contributed by atoms with van der Waals surface area (Å²) in [5.74, 6) is -0.853. The third kappa shape index (κ3) is 2.14. The molecule has 6 heteroatoms. The number of anilines is 1. The Morgan fingerprint density at radius 2 is 1.79 bits per heavy atom. The topological polar surface area (TPSA) is 76.6 Å². The van der Waals surface area contributed by atoms with Gasteiger partial charge in [-0.15, -0.1) is 0 Å². The normalized spacial score (nSPS) is 8.79. The van der Waals surface area contributed by atoms with E-state index in [9.17, 15) is 4.39 Å². The summed E-state index contributed by atoms with van der Waals surface area (Å²) in [4.78, 5) is 8.29. The van der Waals surface area contributed by atoms with Crippen LogP contribution in [0, 0.1) is 28.6 Å². The van der Waals surface area contributed by atoms with Crippen molar-refractivity contribution in [2.75, 3.05) is 18.0 Å². The van der Waals surface area contributed by atoms with E-state index in [1.807, 2.05) is 12.1 Å². The van der Waals surface area contributed by atoms with Gasteiger partial charge in [0.25, 0.3) is 5.95 Å². The van der Waals surface area contributed by atoms with Crippen LogP contribution in [0.4, 0.5) is 10.2 Å². The van der Waals surface area contributed by atoms with Crippen molar-refractivity contribution in [3.63, 3.8) is 0 Å². The van der Waals surface area contributed by atoms with E-state index in [0.29, 0.717) is 0 Å². The SMILES string of the molecule is N#CCN(CC#N)c1nccnc1F. The molecule has 0 saturated carbocycles. The minimum absolute atomic E-state index is 0.0735. The standard InChI is InChI=1S/C8H6FN5/c9-7-8(13-4-3-12-7)14(5-1-10)6-2-11/h3-4H,5-6H2. The highest BCUT2D eigenvalue weighted by Gasteiger charge is 2.12. The van der Waals surface area contributed by atoms with Crippen molar-refractivity contribution in [3.8, 4) is 12.1 Å². The molecule has 0 fully saturated rings. The Bertz CT molecular complexity index is 375. The second-order valence-electron chi connectivity index (χ2n) is 2.34. The number of hydrogen-bond acceptors (Lipinski definition) is 5. The molecule has 0 unspecified atom stereocenters. The third-order valence-electron chi connectivity index (χ3n) is 1.46. The average Bonchev–Trinajstić information content (AvgIpc) is 2.18. The predicted molar refractivity (Wildman–Crippen MR) is 45.4 cm³/mol. The highest BCUT2D eigenvalue weighted by atomic mass is 19.1. The van der Waals surface area contributed by atoms with Crippen LogP contribution >= 0.6 is 0 Å². The Morgan fingerprint density at radius 1 is 1.21 bits per heavy atom. The van der Waals surface area contributed by atoms with Gasteiger partial charge in [-0.25, -0.2) is 9.97 Å². The van der Waals surface area contributed by atoms with Crippen LogP contribution in [0.5, 0.6) is 0 Å². The van der Waals surface area contributed by atoms with Crippen molar-refractivity contribution in [2.24, 2.45) is 0 Å². The molecule has 1 aromatic heterocycles. The zero-order valence-electron chi connectivity index (χ0n) is 7.18. The lowest BCUT2D eigenvalue weighted by atomic mass is 10.4. The first-order valence-corrected chi connectivity index (χ1v) is 3.75. The van der Waals surface area contributed by atoms with Crippen LogP contribution in [-0.4, -0.2) is 23.1 Å². The molecule has 0 radical (unpaired) electrons. The van der Waals surface area contributed by atoms with Gasteiger partial charge in [0.2, 0.25) is 0 Å². The number of nitriles is 2. The molecule has 5 nitrogen and oxygen atoms in total. The maximum atomic E-state index is 13.1. The van der Waals surface area contributed by atoms with Crippen molar-refractivity contribution in [2.45, 2.75) is 0 Å². The quantitative estimate of drug-likeness (QED) is 0.649. The first-order chi connectivity index (χ1) is 6.79. The molecular formula is C8H6FN5. The largest absolute Gasteiger partial charge is 0.326 e. The van der Waals surface area contributed by atoms with Gasteiger partial charge >= 0.3 is 0 Å². The molecule has 0 aliphatic rings. The van der Waals surface area contributed by atoms with Gasteiger partial charge < -0.3 is 4.90 Å².